The third-order valence-electron chi connectivity index (χ3n) is 4.87. The highest BCUT2D eigenvalue weighted by Crippen LogP contribution is 2.41. The molecule has 1 atom stereocenters. The second-order valence-electron chi connectivity index (χ2n) is 6.56. The van der Waals surface area contributed by atoms with Gasteiger partial charge in [-0.3, -0.25) is 4.79 Å². The van der Waals surface area contributed by atoms with Crippen LogP contribution in [0.3, 0.4) is 0 Å². The highest BCUT2D eigenvalue weighted by atomic mass is 16.2. The first-order chi connectivity index (χ1) is 11.3. The number of aromatic nitrogens is 2. The Kier molecular flexibility index (Phi) is 3.82. The monoisotopic (exact) mass is 307 g/mol. The van der Waals surface area contributed by atoms with Gasteiger partial charge in [-0.1, -0.05) is 24.3 Å². The first-order valence-corrected chi connectivity index (χ1v) is 8.46. The van der Waals surface area contributed by atoms with Crippen LogP contribution in [-0.4, -0.2) is 26.8 Å². The van der Waals surface area contributed by atoms with Crippen molar-refractivity contribution in [2.75, 3.05) is 0 Å². The molecule has 1 heterocycles. The Morgan fingerprint density at radius 2 is 1.91 bits per heavy atom. The molecule has 0 aliphatic heterocycles. The third-order valence-corrected chi connectivity index (χ3v) is 4.87. The fraction of sp³-hybridized carbons (Fsp3) is 0.421. The second-order valence-corrected chi connectivity index (χ2v) is 6.56. The Labute approximate surface area is 136 Å². The predicted octanol–water partition coefficient (Wildman–Crippen LogP) is 3.09. The Hall–Kier alpha value is -2.23. The van der Waals surface area contributed by atoms with Crippen LogP contribution in [0.2, 0.25) is 0 Å². The van der Waals surface area contributed by atoms with Crippen LogP contribution < -0.4 is 0 Å². The van der Waals surface area contributed by atoms with Crippen molar-refractivity contribution in [3.05, 3.63) is 59.7 Å². The number of carbonyl (C=O) groups excluding carboxylic acids is 1. The summed E-state index contributed by atoms with van der Waals surface area (Å²) in [5, 5.41) is 0. The molecule has 1 amide bonds. The fourth-order valence-electron chi connectivity index (χ4n) is 3.69. The topological polar surface area (TPSA) is 46.1 Å². The maximum absolute atomic E-state index is 13.0. The van der Waals surface area contributed by atoms with E-state index in [1.54, 1.807) is 12.4 Å². The van der Waals surface area contributed by atoms with Gasteiger partial charge in [-0.05, 0) is 48.8 Å². The molecular weight excluding hydrogens is 286 g/mol. The molecule has 23 heavy (non-hydrogen) atoms. The zero-order valence-electron chi connectivity index (χ0n) is 13.2. The number of hydrogen-bond acceptors (Lipinski definition) is 3. The number of rotatable bonds is 4. The molecule has 0 unspecified atom stereocenters. The van der Waals surface area contributed by atoms with E-state index in [1.807, 2.05) is 0 Å². The molecule has 2 aliphatic rings. The summed E-state index contributed by atoms with van der Waals surface area (Å²) in [5.74, 6) is 0.212. The highest BCUT2D eigenvalue weighted by molar-refractivity contribution is 5.80. The van der Waals surface area contributed by atoms with Gasteiger partial charge in [0.25, 0.3) is 0 Å². The number of aryl methyl sites for hydroxylation is 1. The fourth-order valence-corrected chi connectivity index (χ4v) is 3.69. The minimum atomic E-state index is 0.212. The van der Waals surface area contributed by atoms with Crippen molar-refractivity contribution in [1.29, 1.82) is 0 Å². The van der Waals surface area contributed by atoms with Crippen LogP contribution >= 0.6 is 0 Å². The molecule has 0 radical (unpaired) electrons. The summed E-state index contributed by atoms with van der Waals surface area (Å²) in [6, 6.07) is 9.27. The van der Waals surface area contributed by atoms with Crippen LogP contribution in [0.5, 0.6) is 0 Å². The van der Waals surface area contributed by atoms with E-state index in [0.29, 0.717) is 12.5 Å². The summed E-state index contributed by atoms with van der Waals surface area (Å²) >= 11 is 0. The van der Waals surface area contributed by atoms with Crippen molar-refractivity contribution in [1.82, 2.24) is 14.9 Å². The third kappa shape index (κ3) is 2.98. The summed E-state index contributed by atoms with van der Waals surface area (Å²) in [7, 11) is 0. The normalized spacial score (nSPS) is 19.9. The van der Waals surface area contributed by atoms with E-state index in [2.05, 4.69) is 39.1 Å². The van der Waals surface area contributed by atoms with Crippen LogP contribution in [0.1, 0.15) is 48.4 Å². The van der Waals surface area contributed by atoms with Crippen LogP contribution in [0.15, 0.2) is 43.0 Å². The van der Waals surface area contributed by atoms with Crippen LogP contribution in [-0.2, 0) is 17.6 Å². The van der Waals surface area contributed by atoms with Gasteiger partial charge in [-0.15, -0.1) is 0 Å². The van der Waals surface area contributed by atoms with Gasteiger partial charge in [0, 0.05) is 18.4 Å². The molecule has 0 bridgehead atoms. The Morgan fingerprint density at radius 1 is 1.13 bits per heavy atom. The zero-order chi connectivity index (χ0) is 15.6. The van der Waals surface area contributed by atoms with E-state index in [4.69, 9.17) is 0 Å². The molecule has 0 spiro atoms. The minimum Gasteiger partial charge on any atom is -0.332 e. The van der Waals surface area contributed by atoms with Gasteiger partial charge in [0.1, 0.15) is 6.33 Å². The first kappa shape index (κ1) is 14.4. The molecule has 0 saturated heterocycles. The number of amides is 1. The molecule has 2 aliphatic carbocycles. The van der Waals surface area contributed by atoms with Crippen molar-refractivity contribution >= 4 is 5.91 Å². The largest absolute Gasteiger partial charge is 0.332 e. The molecule has 4 rings (SSSR count). The van der Waals surface area contributed by atoms with Gasteiger partial charge in [-0.2, -0.15) is 0 Å². The first-order valence-electron chi connectivity index (χ1n) is 8.46. The Morgan fingerprint density at radius 3 is 2.70 bits per heavy atom. The van der Waals surface area contributed by atoms with Gasteiger partial charge in [0.2, 0.25) is 5.91 Å². The van der Waals surface area contributed by atoms with Gasteiger partial charge in [0.15, 0.2) is 0 Å². The molecule has 1 aromatic carbocycles. The van der Waals surface area contributed by atoms with E-state index in [0.717, 1.165) is 37.7 Å². The molecule has 4 nitrogen and oxygen atoms in total. The molecule has 4 heteroatoms. The lowest BCUT2D eigenvalue weighted by Gasteiger charge is -2.36. The Balaban J connectivity index is 1.60. The molecular formula is C19H21N3O. The van der Waals surface area contributed by atoms with Crippen LogP contribution in [0, 0.1) is 0 Å². The molecule has 1 saturated carbocycles. The number of fused-ring (bicyclic) bond motifs is 1. The van der Waals surface area contributed by atoms with Gasteiger partial charge in [0.05, 0.1) is 12.5 Å². The number of nitrogens with zero attached hydrogens (tertiary/aromatic N) is 3. The lowest BCUT2D eigenvalue weighted by atomic mass is 9.86. The minimum absolute atomic E-state index is 0.212. The smallest absolute Gasteiger partial charge is 0.227 e. The SMILES string of the molecule is O=C(Cc1cncnc1)N(C1CC1)[C@H]1CCCc2ccccc21. The van der Waals surface area contributed by atoms with Gasteiger partial charge >= 0.3 is 0 Å². The van der Waals surface area contributed by atoms with Gasteiger partial charge < -0.3 is 4.90 Å². The molecule has 1 fully saturated rings. The van der Waals surface area contributed by atoms with E-state index in [9.17, 15) is 4.79 Å². The second kappa shape index (κ2) is 6.11. The number of carbonyl (C=O) groups is 1. The van der Waals surface area contributed by atoms with Crippen molar-refractivity contribution in [3.63, 3.8) is 0 Å². The van der Waals surface area contributed by atoms with E-state index < -0.39 is 0 Å². The standard InChI is InChI=1S/C19H21N3O/c23-19(10-14-11-20-13-21-12-14)22(16-8-9-16)18-7-3-5-15-4-1-2-6-17(15)18/h1-2,4,6,11-13,16,18H,3,5,7-10H2/t18-/m0/s1. The molecule has 0 N–H and O–H groups in total. The summed E-state index contributed by atoms with van der Waals surface area (Å²) in [4.78, 5) is 23.2. The summed E-state index contributed by atoms with van der Waals surface area (Å²) in [6.07, 6.45) is 11.0. The summed E-state index contributed by atoms with van der Waals surface area (Å²) in [5.41, 5.74) is 3.65. The highest BCUT2D eigenvalue weighted by Gasteiger charge is 2.39. The maximum Gasteiger partial charge on any atom is 0.227 e. The van der Waals surface area contributed by atoms with E-state index >= 15 is 0 Å². The predicted molar refractivity (Wildman–Crippen MR) is 87.7 cm³/mol. The molecule has 2 aromatic rings. The number of benzene rings is 1. The van der Waals surface area contributed by atoms with Crippen molar-refractivity contribution in [3.8, 4) is 0 Å². The van der Waals surface area contributed by atoms with E-state index in [1.165, 1.54) is 17.5 Å². The summed E-state index contributed by atoms with van der Waals surface area (Å²) < 4.78 is 0. The maximum atomic E-state index is 13.0. The van der Waals surface area contributed by atoms with Crippen molar-refractivity contribution in [2.45, 2.75) is 50.6 Å². The average molecular weight is 307 g/mol. The van der Waals surface area contributed by atoms with E-state index in [-0.39, 0.29) is 11.9 Å². The van der Waals surface area contributed by atoms with Crippen molar-refractivity contribution < 1.29 is 4.79 Å². The summed E-state index contributed by atoms with van der Waals surface area (Å²) in [6.45, 7) is 0. The lowest BCUT2D eigenvalue weighted by molar-refractivity contribution is -0.134. The lowest BCUT2D eigenvalue weighted by Crippen LogP contribution is -2.39. The molecule has 1 aromatic heterocycles. The Bertz CT molecular complexity index is 697. The van der Waals surface area contributed by atoms with Crippen LogP contribution in [0.4, 0.5) is 0 Å². The average Bonchev–Trinajstić information content (AvgIpc) is 3.41. The van der Waals surface area contributed by atoms with Gasteiger partial charge in [-0.25, -0.2) is 9.97 Å². The quantitative estimate of drug-likeness (QED) is 0.872. The van der Waals surface area contributed by atoms with Crippen molar-refractivity contribution in [2.24, 2.45) is 0 Å². The zero-order valence-corrected chi connectivity index (χ0v) is 13.2. The molecule has 118 valence electrons. The number of hydrogen-bond donors (Lipinski definition) is 0. The van der Waals surface area contributed by atoms with Crippen LogP contribution in [0.25, 0.3) is 0 Å².